The maximum atomic E-state index is 5.79. The van der Waals surface area contributed by atoms with E-state index in [0.717, 1.165) is 19.3 Å². The molecule has 0 aromatic heterocycles. The van der Waals surface area contributed by atoms with Crippen LogP contribution in [0.1, 0.15) is 46.5 Å². The highest BCUT2D eigenvalue weighted by atomic mass is 28.3. The Morgan fingerprint density at radius 3 is 2.25 bits per heavy atom. The summed E-state index contributed by atoms with van der Waals surface area (Å²) in [6.45, 7) is 18.3. The third-order valence-electron chi connectivity index (χ3n) is 3.70. The Bertz CT molecular complexity index is 308. The van der Waals surface area contributed by atoms with E-state index in [0.29, 0.717) is 12.0 Å². The van der Waals surface area contributed by atoms with Gasteiger partial charge in [0.05, 0.1) is 6.10 Å². The van der Waals surface area contributed by atoms with Crippen molar-refractivity contribution in [3.8, 4) is 0 Å². The summed E-state index contributed by atoms with van der Waals surface area (Å²) in [4.78, 5) is 0. The highest BCUT2D eigenvalue weighted by Gasteiger charge is 2.28. The SMILES string of the molecule is C=C(CCC=C(C)C)C(C[Si](C)(C)C)C(CCC)OC. The minimum Gasteiger partial charge on any atom is -0.381 e. The van der Waals surface area contributed by atoms with Crippen LogP contribution in [-0.4, -0.2) is 21.3 Å². The van der Waals surface area contributed by atoms with Gasteiger partial charge in [-0.3, -0.25) is 0 Å². The van der Waals surface area contributed by atoms with Gasteiger partial charge in [0.2, 0.25) is 0 Å². The van der Waals surface area contributed by atoms with Crippen LogP contribution in [0, 0.1) is 5.92 Å². The van der Waals surface area contributed by atoms with E-state index in [1.54, 1.807) is 0 Å². The summed E-state index contributed by atoms with van der Waals surface area (Å²) in [6.07, 6.45) is 7.22. The molecule has 0 bridgehead atoms. The van der Waals surface area contributed by atoms with Crippen LogP contribution >= 0.6 is 0 Å². The Hall–Kier alpha value is -0.343. The van der Waals surface area contributed by atoms with Crippen molar-refractivity contribution < 1.29 is 4.74 Å². The van der Waals surface area contributed by atoms with Crippen LogP contribution in [0.4, 0.5) is 0 Å². The number of hydrogen-bond donors (Lipinski definition) is 0. The minimum atomic E-state index is -1.11. The maximum Gasteiger partial charge on any atom is 0.0633 e. The molecule has 118 valence electrons. The molecule has 0 fully saturated rings. The first-order valence-electron chi connectivity index (χ1n) is 8.05. The lowest BCUT2D eigenvalue weighted by Gasteiger charge is -2.32. The zero-order valence-corrected chi connectivity index (χ0v) is 15.9. The van der Waals surface area contributed by atoms with Crippen LogP contribution in [0.2, 0.25) is 25.7 Å². The molecule has 0 aromatic carbocycles. The van der Waals surface area contributed by atoms with Crippen molar-refractivity contribution in [1.29, 1.82) is 0 Å². The standard InChI is InChI=1S/C18H36OSi/c1-9-11-18(19-5)17(14-20(6,7)8)16(4)13-10-12-15(2)3/h12,17-18H,4,9-11,13-14H2,1-3,5-8H3. The molecule has 0 amide bonds. The average Bonchev–Trinajstić information content (AvgIpc) is 2.31. The van der Waals surface area contributed by atoms with Crippen LogP contribution < -0.4 is 0 Å². The summed E-state index contributed by atoms with van der Waals surface area (Å²) in [6, 6.07) is 1.29. The molecule has 0 N–H and O–H groups in total. The lowest BCUT2D eigenvalue weighted by Crippen LogP contribution is -2.32. The van der Waals surface area contributed by atoms with Gasteiger partial charge in [-0.1, -0.05) is 56.8 Å². The molecule has 0 saturated heterocycles. The van der Waals surface area contributed by atoms with E-state index in [1.807, 2.05) is 7.11 Å². The molecule has 2 heteroatoms. The Kier molecular flexibility index (Phi) is 9.40. The van der Waals surface area contributed by atoms with E-state index in [4.69, 9.17) is 4.74 Å². The summed E-state index contributed by atoms with van der Waals surface area (Å²) in [5, 5.41) is 0. The van der Waals surface area contributed by atoms with Gasteiger partial charge in [0.25, 0.3) is 0 Å². The van der Waals surface area contributed by atoms with E-state index in [2.05, 4.69) is 53.1 Å². The van der Waals surface area contributed by atoms with Gasteiger partial charge in [0.15, 0.2) is 0 Å². The van der Waals surface area contributed by atoms with Crippen molar-refractivity contribution in [2.24, 2.45) is 5.92 Å². The first-order chi connectivity index (χ1) is 9.21. The monoisotopic (exact) mass is 296 g/mol. The third-order valence-corrected chi connectivity index (χ3v) is 5.36. The smallest absolute Gasteiger partial charge is 0.0633 e. The van der Waals surface area contributed by atoms with Gasteiger partial charge in [0.1, 0.15) is 0 Å². The zero-order valence-electron chi connectivity index (χ0n) is 14.9. The van der Waals surface area contributed by atoms with E-state index < -0.39 is 8.07 Å². The maximum absolute atomic E-state index is 5.79. The topological polar surface area (TPSA) is 9.23 Å². The highest BCUT2D eigenvalue weighted by molar-refractivity contribution is 6.76. The molecule has 0 aliphatic rings. The van der Waals surface area contributed by atoms with Gasteiger partial charge in [-0.05, 0) is 39.2 Å². The predicted octanol–water partition coefficient (Wildman–Crippen LogP) is 6.06. The molecule has 2 unspecified atom stereocenters. The second kappa shape index (κ2) is 9.57. The van der Waals surface area contributed by atoms with Crippen molar-refractivity contribution in [3.63, 3.8) is 0 Å². The van der Waals surface area contributed by atoms with Gasteiger partial charge >= 0.3 is 0 Å². The highest BCUT2D eigenvalue weighted by Crippen LogP contribution is 2.31. The lowest BCUT2D eigenvalue weighted by molar-refractivity contribution is 0.0618. The zero-order chi connectivity index (χ0) is 15.8. The number of rotatable bonds is 10. The Morgan fingerprint density at radius 2 is 1.85 bits per heavy atom. The van der Waals surface area contributed by atoms with Crippen LogP contribution in [0.5, 0.6) is 0 Å². The van der Waals surface area contributed by atoms with E-state index in [9.17, 15) is 0 Å². The van der Waals surface area contributed by atoms with Crippen molar-refractivity contribution in [2.45, 2.75) is 78.2 Å². The van der Waals surface area contributed by atoms with E-state index in [-0.39, 0.29) is 0 Å². The largest absolute Gasteiger partial charge is 0.381 e. The fraction of sp³-hybridized carbons (Fsp3) is 0.778. The molecule has 1 nitrogen and oxygen atoms in total. The quantitative estimate of drug-likeness (QED) is 0.352. The van der Waals surface area contributed by atoms with Crippen LogP contribution in [0.15, 0.2) is 23.8 Å². The van der Waals surface area contributed by atoms with Gasteiger partial charge < -0.3 is 4.74 Å². The van der Waals surface area contributed by atoms with E-state index in [1.165, 1.54) is 23.6 Å². The molecule has 0 aliphatic carbocycles. The van der Waals surface area contributed by atoms with Gasteiger partial charge in [-0.15, -0.1) is 0 Å². The molecule has 2 atom stereocenters. The molecule has 0 radical (unpaired) electrons. The second-order valence-electron chi connectivity index (χ2n) is 7.41. The summed E-state index contributed by atoms with van der Waals surface area (Å²) in [7, 11) is 0.754. The van der Waals surface area contributed by atoms with Gasteiger partial charge in [0, 0.05) is 21.1 Å². The lowest BCUT2D eigenvalue weighted by atomic mass is 9.90. The molecule has 0 rings (SSSR count). The van der Waals surface area contributed by atoms with Crippen LogP contribution in [0.3, 0.4) is 0 Å². The van der Waals surface area contributed by atoms with Crippen molar-refractivity contribution >= 4 is 8.07 Å². The summed E-state index contributed by atoms with van der Waals surface area (Å²) in [5.74, 6) is 0.539. The van der Waals surface area contributed by atoms with Gasteiger partial charge in [-0.25, -0.2) is 0 Å². The molecule has 0 spiro atoms. The number of methoxy groups -OCH3 is 1. The average molecular weight is 297 g/mol. The number of allylic oxidation sites excluding steroid dienone is 2. The third kappa shape index (κ3) is 8.75. The molecule has 0 aliphatic heterocycles. The second-order valence-corrected chi connectivity index (χ2v) is 12.9. The predicted molar refractivity (Wildman–Crippen MR) is 95.2 cm³/mol. The van der Waals surface area contributed by atoms with E-state index >= 15 is 0 Å². The summed E-state index contributed by atoms with van der Waals surface area (Å²) < 4.78 is 5.79. The molecular weight excluding hydrogens is 260 g/mol. The summed E-state index contributed by atoms with van der Waals surface area (Å²) in [5.41, 5.74) is 2.79. The normalized spacial score (nSPS) is 14.8. The number of hydrogen-bond acceptors (Lipinski definition) is 1. The fourth-order valence-electron chi connectivity index (χ4n) is 2.70. The molecule has 0 saturated carbocycles. The fourth-order valence-corrected chi connectivity index (χ4v) is 4.57. The molecule has 20 heavy (non-hydrogen) atoms. The minimum absolute atomic E-state index is 0.353. The molecule has 0 aromatic rings. The Labute approximate surface area is 128 Å². The van der Waals surface area contributed by atoms with Crippen LogP contribution in [-0.2, 0) is 4.74 Å². The molecular formula is C18H36OSi. The Balaban J connectivity index is 4.81. The summed E-state index contributed by atoms with van der Waals surface area (Å²) >= 11 is 0. The van der Waals surface area contributed by atoms with Gasteiger partial charge in [-0.2, -0.15) is 0 Å². The number of ether oxygens (including phenoxy) is 1. The van der Waals surface area contributed by atoms with Crippen molar-refractivity contribution in [3.05, 3.63) is 23.8 Å². The van der Waals surface area contributed by atoms with Crippen LogP contribution in [0.25, 0.3) is 0 Å². The first kappa shape index (κ1) is 19.7. The van der Waals surface area contributed by atoms with Crippen molar-refractivity contribution in [2.75, 3.05) is 7.11 Å². The van der Waals surface area contributed by atoms with Crippen molar-refractivity contribution in [1.82, 2.24) is 0 Å². The molecule has 0 heterocycles. The first-order valence-corrected chi connectivity index (χ1v) is 11.8. The Morgan fingerprint density at radius 1 is 1.25 bits per heavy atom.